The molecule has 2 aromatic heterocycles. The number of hydrogen-bond acceptors (Lipinski definition) is 5. The molecule has 0 spiro atoms. The van der Waals surface area contributed by atoms with Gasteiger partial charge in [-0.2, -0.15) is 0 Å². The second-order valence-electron chi connectivity index (χ2n) is 6.89. The molecular weight excluding hydrogens is 348 g/mol. The lowest BCUT2D eigenvalue weighted by molar-refractivity contribution is -0.0612. The first-order valence-electron chi connectivity index (χ1n) is 9.30. The van der Waals surface area contributed by atoms with Crippen molar-refractivity contribution in [3.63, 3.8) is 0 Å². The van der Waals surface area contributed by atoms with Crippen molar-refractivity contribution in [3.05, 3.63) is 51.5 Å². The second kappa shape index (κ2) is 8.29. The van der Waals surface area contributed by atoms with E-state index in [9.17, 15) is 4.79 Å². The molecule has 1 fully saturated rings. The maximum absolute atomic E-state index is 12.8. The highest BCUT2D eigenvalue weighted by Gasteiger charge is 2.30. The van der Waals surface area contributed by atoms with Crippen LogP contribution in [0.15, 0.2) is 29.8 Å². The minimum atomic E-state index is -0.124. The minimum absolute atomic E-state index is 0.0140. The van der Waals surface area contributed by atoms with Gasteiger partial charge in [0, 0.05) is 12.8 Å². The predicted octanol–water partition coefficient (Wildman–Crippen LogP) is 3.13. The van der Waals surface area contributed by atoms with Crippen molar-refractivity contribution in [2.24, 2.45) is 0 Å². The highest BCUT2D eigenvalue weighted by molar-refractivity contribution is 7.12. The topological polar surface area (TPSA) is 60.5 Å². The lowest BCUT2D eigenvalue weighted by Crippen LogP contribution is -2.50. The van der Waals surface area contributed by atoms with Crippen LogP contribution in [0.4, 0.5) is 0 Å². The summed E-state index contributed by atoms with van der Waals surface area (Å²) in [5.74, 6) is 0.0140. The molecule has 2 aliphatic rings. The van der Waals surface area contributed by atoms with Crippen LogP contribution in [-0.2, 0) is 28.9 Å². The van der Waals surface area contributed by atoms with Crippen LogP contribution >= 0.6 is 11.3 Å². The molecule has 4 rings (SSSR count). The highest BCUT2D eigenvalue weighted by Crippen LogP contribution is 2.30. The summed E-state index contributed by atoms with van der Waals surface area (Å²) in [5, 5.41) is 5.31. The molecule has 2 aromatic rings. The summed E-state index contributed by atoms with van der Waals surface area (Å²) in [5.41, 5.74) is 3.51. The van der Waals surface area contributed by atoms with Gasteiger partial charge in [0.25, 0.3) is 5.91 Å². The molecule has 26 heavy (non-hydrogen) atoms. The van der Waals surface area contributed by atoms with Gasteiger partial charge in [0.1, 0.15) is 0 Å². The number of carbonyl (C=O) groups is 1. The molecule has 2 atom stereocenters. The van der Waals surface area contributed by atoms with E-state index in [4.69, 9.17) is 9.47 Å². The maximum atomic E-state index is 12.8. The fraction of sp³-hybridized carbons (Fsp3) is 0.500. The third kappa shape index (κ3) is 3.98. The smallest absolute Gasteiger partial charge is 0.262 e. The summed E-state index contributed by atoms with van der Waals surface area (Å²) in [6.07, 6.45) is 7.01. The summed E-state index contributed by atoms with van der Waals surface area (Å²) in [6, 6.07) is 5.67. The third-order valence-corrected chi connectivity index (χ3v) is 6.16. The lowest BCUT2D eigenvalue weighted by atomic mass is 9.93. The summed E-state index contributed by atoms with van der Waals surface area (Å²) in [6.45, 7) is 1.60. The number of nitrogens with one attached hydrogen (secondary N) is 1. The second-order valence-corrected chi connectivity index (χ2v) is 7.77. The van der Waals surface area contributed by atoms with Crippen LogP contribution < -0.4 is 5.32 Å². The van der Waals surface area contributed by atoms with Gasteiger partial charge in [0.05, 0.1) is 35.9 Å². The molecule has 0 unspecified atom stereocenters. The number of thiophene rings is 1. The van der Waals surface area contributed by atoms with Crippen molar-refractivity contribution in [1.29, 1.82) is 0 Å². The van der Waals surface area contributed by atoms with Gasteiger partial charge in [-0.15, -0.1) is 11.3 Å². The Morgan fingerprint density at radius 2 is 2.27 bits per heavy atom. The Morgan fingerprint density at radius 3 is 3.15 bits per heavy atom. The summed E-state index contributed by atoms with van der Waals surface area (Å²) in [4.78, 5) is 18.0. The zero-order valence-corrected chi connectivity index (χ0v) is 15.6. The Kier molecular flexibility index (Phi) is 5.62. The van der Waals surface area contributed by atoms with Crippen molar-refractivity contribution >= 4 is 17.2 Å². The van der Waals surface area contributed by atoms with E-state index in [1.807, 2.05) is 18.2 Å². The SMILES string of the molecule is O=C(N[C@@H]1COCC[C@H]1OCc1ccccn1)c1scc2c1CCCC2. The van der Waals surface area contributed by atoms with Crippen molar-refractivity contribution in [2.45, 2.75) is 50.9 Å². The van der Waals surface area contributed by atoms with Crippen LogP contribution in [0.3, 0.4) is 0 Å². The number of rotatable bonds is 5. The molecule has 5 nitrogen and oxygen atoms in total. The minimum Gasteiger partial charge on any atom is -0.379 e. The third-order valence-electron chi connectivity index (χ3n) is 5.09. The summed E-state index contributed by atoms with van der Waals surface area (Å²) < 4.78 is 11.6. The van der Waals surface area contributed by atoms with Crippen LogP contribution in [0.5, 0.6) is 0 Å². The van der Waals surface area contributed by atoms with E-state index >= 15 is 0 Å². The van der Waals surface area contributed by atoms with Gasteiger partial charge in [-0.25, -0.2) is 0 Å². The van der Waals surface area contributed by atoms with Crippen molar-refractivity contribution in [2.75, 3.05) is 13.2 Å². The van der Waals surface area contributed by atoms with Crippen LogP contribution in [-0.4, -0.2) is 36.3 Å². The zero-order valence-electron chi connectivity index (χ0n) is 14.8. The Hall–Kier alpha value is -1.76. The van der Waals surface area contributed by atoms with Crippen LogP contribution in [0.25, 0.3) is 0 Å². The molecule has 1 N–H and O–H groups in total. The normalized spacial score (nSPS) is 22.6. The van der Waals surface area contributed by atoms with E-state index in [0.717, 1.165) is 29.8 Å². The van der Waals surface area contributed by atoms with Crippen molar-refractivity contribution < 1.29 is 14.3 Å². The van der Waals surface area contributed by atoms with Gasteiger partial charge in [-0.3, -0.25) is 9.78 Å². The molecule has 138 valence electrons. The van der Waals surface area contributed by atoms with E-state index in [1.54, 1.807) is 17.5 Å². The fourth-order valence-electron chi connectivity index (χ4n) is 3.67. The molecule has 3 heterocycles. The number of aromatic nitrogens is 1. The number of pyridine rings is 1. The average molecular weight is 372 g/mol. The molecule has 0 saturated carbocycles. The number of nitrogens with zero attached hydrogens (tertiary/aromatic N) is 1. The lowest BCUT2D eigenvalue weighted by Gasteiger charge is -2.32. The van der Waals surface area contributed by atoms with E-state index < -0.39 is 0 Å². The number of aryl methyl sites for hydroxylation is 1. The Labute approximate surface area is 157 Å². The molecule has 0 bridgehead atoms. The average Bonchev–Trinajstić information content (AvgIpc) is 3.12. The number of amides is 1. The fourth-order valence-corrected chi connectivity index (χ4v) is 4.73. The molecule has 1 saturated heterocycles. The molecule has 0 radical (unpaired) electrons. The Balaban J connectivity index is 1.40. The number of carbonyl (C=O) groups excluding carboxylic acids is 1. The molecule has 1 aliphatic heterocycles. The number of hydrogen-bond donors (Lipinski definition) is 1. The van der Waals surface area contributed by atoms with E-state index in [2.05, 4.69) is 15.7 Å². The Morgan fingerprint density at radius 1 is 1.35 bits per heavy atom. The quantitative estimate of drug-likeness (QED) is 0.876. The van der Waals surface area contributed by atoms with Gasteiger partial charge < -0.3 is 14.8 Å². The largest absolute Gasteiger partial charge is 0.379 e. The highest BCUT2D eigenvalue weighted by atomic mass is 32.1. The first-order valence-corrected chi connectivity index (χ1v) is 10.2. The summed E-state index contributed by atoms with van der Waals surface area (Å²) in [7, 11) is 0. The van der Waals surface area contributed by atoms with E-state index in [1.165, 1.54) is 24.0 Å². The van der Waals surface area contributed by atoms with Gasteiger partial charge in [0.2, 0.25) is 0 Å². The molecule has 6 heteroatoms. The van der Waals surface area contributed by atoms with Gasteiger partial charge in [-0.05, 0) is 60.7 Å². The van der Waals surface area contributed by atoms with E-state index in [-0.39, 0.29) is 18.1 Å². The molecular formula is C20H24N2O3S. The Bertz CT molecular complexity index is 747. The molecule has 0 aromatic carbocycles. The van der Waals surface area contributed by atoms with Crippen molar-refractivity contribution in [3.8, 4) is 0 Å². The van der Waals surface area contributed by atoms with Gasteiger partial charge in [-0.1, -0.05) is 6.07 Å². The number of ether oxygens (including phenoxy) is 2. The first-order chi connectivity index (χ1) is 12.8. The monoisotopic (exact) mass is 372 g/mol. The number of fused-ring (bicyclic) bond motifs is 1. The first kappa shape index (κ1) is 17.6. The summed E-state index contributed by atoms with van der Waals surface area (Å²) >= 11 is 1.57. The van der Waals surface area contributed by atoms with Gasteiger partial charge in [0.15, 0.2) is 0 Å². The van der Waals surface area contributed by atoms with Crippen LogP contribution in [0, 0.1) is 0 Å². The zero-order chi connectivity index (χ0) is 17.8. The standard InChI is InChI=1S/C20H24N2O3S/c23-20(19-16-7-2-1-5-14(16)13-26-19)22-17-12-24-10-8-18(17)25-11-15-6-3-4-9-21-15/h3-4,6,9,13,17-18H,1-2,5,7-8,10-12H2,(H,22,23)/t17-,18-/m1/s1. The molecule has 1 aliphatic carbocycles. The van der Waals surface area contributed by atoms with Gasteiger partial charge >= 0.3 is 0 Å². The predicted molar refractivity (Wildman–Crippen MR) is 100 cm³/mol. The van der Waals surface area contributed by atoms with Crippen molar-refractivity contribution in [1.82, 2.24) is 10.3 Å². The molecule has 1 amide bonds. The van der Waals surface area contributed by atoms with Crippen LogP contribution in [0.1, 0.15) is 45.8 Å². The maximum Gasteiger partial charge on any atom is 0.262 e. The van der Waals surface area contributed by atoms with E-state index in [0.29, 0.717) is 19.8 Å². The van der Waals surface area contributed by atoms with Crippen LogP contribution in [0.2, 0.25) is 0 Å².